The maximum absolute atomic E-state index is 13.1. The maximum Gasteiger partial charge on any atom is 0.248 e. The van der Waals surface area contributed by atoms with E-state index in [1.54, 1.807) is 24.5 Å². The second-order valence-corrected chi connectivity index (χ2v) is 9.27. The summed E-state index contributed by atoms with van der Waals surface area (Å²) in [6.07, 6.45) is 4.44. The van der Waals surface area contributed by atoms with E-state index in [0.29, 0.717) is 18.8 Å². The second kappa shape index (κ2) is 8.26. The average molecular weight is 412 g/mol. The maximum atomic E-state index is 13.1. The molecular weight excluding hydrogens is 386 g/mol. The summed E-state index contributed by atoms with van der Waals surface area (Å²) < 4.78 is 29.3. The highest BCUT2D eigenvalue weighted by molar-refractivity contribution is 7.89. The van der Waals surface area contributed by atoms with Crippen molar-refractivity contribution in [3.8, 4) is 0 Å². The third-order valence-electron chi connectivity index (χ3n) is 5.13. The van der Waals surface area contributed by atoms with Crippen LogP contribution < -0.4 is 0 Å². The van der Waals surface area contributed by atoms with Crippen molar-refractivity contribution in [2.45, 2.75) is 37.1 Å². The molecule has 1 fully saturated rings. The Morgan fingerprint density at radius 1 is 1.37 bits per heavy atom. The van der Waals surface area contributed by atoms with Crippen molar-refractivity contribution < 1.29 is 8.42 Å². The molecule has 2 aromatic heterocycles. The van der Waals surface area contributed by atoms with Crippen molar-refractivity contribution in [1.82, 2.24) is 24.0 Å². The van der Waals surface area contributed by atoms with Gasteiger partial charge < -0.3 is 4.90 Å². The fourth-order valence-electron chi connectivity index (χ4n) is 3.55. The van der Waals surface area contributed by atoms with Crippen molar-refractivity contribution in [2.24, 2.45) is 7.05 Å². The molecule has 7 nitrogen and oxygen atoms in total. The first-order valence-electron chi connectivity index (χ1n) is 9.10. The number of hydrogen-bond donors (Lipinski definition) is 0. The van der Waals surface area contributed by atoms with Gasteiger partial charge in [-0.2, -0.15) is 9.40 Å². The molecule has 1 aliphatic heterocycles. The molecule has 148 valence electrons. The van der Waals surface area contributed by atoms with Crippen molar-refractivity contribution in [2.75, 3.05) is 26.7 Å². The Morgan fingerprint density at radius 3 is 2.78 bits per heavy atom. The normalized spacial score (nSPS) is 18.9. The van der Waals surface area contributed by atoms with Crippen molar-refractivity contribution in [3.63, 3.8) is 0 Å². The molecule has 1 unspecified atom stereocenters. The molecular formula is C18H26ClN5O2S. The van der Waals surface area contributed by atoms with Gasteiger partial charge in [0.2, 0.25) is 10.0 Å². The van der Waals surface area contributed by atoms with Crippen LogP contribution in [0.2, 0.25) is 5.15 Å². The number of hydrogen-bond acceptors (Lipinski definition) is 5. The van der Waals surface area contributed by atoms with Crippen LogP contribution in [0.3, 0.4) is 0 Å². The Hall–Kier alpha value is -1.48. The van der Waals surface area contributed by atoms with Gasteiger partial charge >= 0.3 is 0 Å². The lowest BCUT2D eigenvalue weighted by Gasteiger charge is -2.37. The van der Waals surface area contributed by atoms with Gasteiger partial charge in [0.1, 0.15) is 10.0 Å². The number of nitrogens with zero attached hydrogens (tertiary/aromatic N) is 5. The third kappa shape index (κ3) is 4.34. The predicted octanol–water partition coefficient (Wildman–Crippen LogP) is 2.10. The van der Waals surface area contributed by atoms with Crippen LogP contribution in [0, 0.1) is 6.92 Å². The molecule has 2 aromatic rings. The Balaban J connectivity index is 1.69. The molecule has 0 bridgehead atoms. The van der Waals surface area contributed by atoms with Crippen LogP contribution >= 0.6 is 11.6 Å². The van der Waals surface area contributed by atoms with E-state index < -0.39 is 10.0 Å². The molecule has 3 heterocycles. The van der Waals surface area contributed by atoms with E-state index in [0.717, 1.165) is 31.5 Å². The van der Waals surface area contributed by atoms with Crippen LogP contribution in [0.4, 0.5) is 0 Å². The van der Waals surface area contributed by atoms with E-state index in [9.17, 15) is 8.42 Å². The zero-order chi connectivity index (χ0) is 19.6. The standard InChI is InChI=1S/C18H26ClN5O2S/c1-14-17(18(19)23(3)21-14)27(25,26)24-11-6-8-16(13-24)22(2)12-9-15-7-4-5-10-20-15/h4-5,7,10,16H,6,8-9,11-13H2,1-3H3. The fourth-order valence-corrected chi connectivity index (χ4v) is 5.77. The van der Waals surface area contributed by atoms with Crippen LogP contribution in [0.15, 0.2) is 29.3 Å². The molecule has 1 saturated heterocycles. The number of aromatic nitrogens is 3. The van der Waals surface area contributed by atoms with Gasteiger partial charge in [0.15, 0.2) is 0 Å². The summed E-state index contributed by atoms with van der Waals surface area (Å²) in [6, 6.07) is 6.08. The van der Waals surface area contributed by atoms with E-state index in [-0.39, 0.29) is 16.1 Å². The Kier molecular flexibility index (Phi) is 6.20. The minimum absolute atomic E-state index is 0.128. The van der Waals surface area contributed by atoms with Gasteiger partial charge in [0.25, 0.3) is 0 Å². The number of aryl methyl sites for hydroxylation is 2. The lowest BCUT2D eigenvalue weighted by atomic mass is 10.1. The minimum atomic E-state index is -3.66. The molecule has 0 saturated carbocycles. The third-order valence-corrected chi connectivity index (χ3v) is 7.69. The molecule has 9 heteroatoms. The minimum Gasteiger partial charge on any atom is -0.302 e. The highest BCUT2D eigenvalue weighted by Crippen LogP contribution is 2.29. The number of rotatable bonds is 6. The summed E-state index contributed by atoms with van der Waals surface area (Å²) in [6.45, 7) is 3.49. The number of sulfonamides is 1. The van der Waals surface area contributed by atoms with Crippen molar-refractivity contribution in [3.05, 3.63) is 40.9 Å². The monoisotopic (exact) mass is 411 g/mol. The molecule has 3 rings (SSSR count). The molecule has 27 heavy (non-hydrogen) atoms. The lowest BCUT2D eigenvalue weighted by Crippen LogP contribution is -2.49. The Bertz CT molecular complexity index is 885. The summed E-state index contributed by atoms with van der Waals surface area (Å²) in [5.41, 5.74) is 1.48. The summed E-state index contributed by atoms with van der Waals surface area (Å²) in [4.78, 5) is 6.71. The molecule has 1 aliphatic rings. The summed E-state index contributed by atoms with van der Waals surface area (Å²) >= 11 is 6.21. The summed E-state index contributed by atoms with van der Waals surface area (Å²) in [7, 11) is 0.0421. The van der Waals surface area contributed by atoms with E-state index in [1.807, 2.05) is 25.2 Å². The van der Waals surface area contributed by atoms with Crippen LogP contribution in [0.1, 0.15) is 24.2 Å². The first-order valence-corrected chi connectivity index (χ1v) is 10.9. The molecule has 1 atom stereocenters. The van der Waals surface area contributed by atoms with Gasteiger partial charge in [0, 0.05) is 51.0 Å². The molecule has 0 radical (unpaired) electrons. The van der Waals surface area contributed by atoms with Gasteiger partial charge in [0.05, 0.1) is 5.69 Å². The number of likely N-dealkylation sites (N-methyl/N-ethyl adjacent to an activating group) is 1. The first-order chi connectivity index (χ1) is 12.8. The van der Waals surface area contributed by atoms with E-state index in [4.69, 9.17) is 11.6 Å². The molecule has 0 amide bonds. The SMILES string of the molecule is Cc1nn(C)c(Cl)c1S(=O)(=O)N1CCCC(N(C)CCc2ccccn2)C1. The highest BCUT2D eigenvalue weighted by Gasteiger charge is 2.35. The topological polar surface area (TPSA) is 71.3 Å². The Labute approximate surface area is 166 Å². The fraction of sp³-hybridized carbons (Fsp3) is 0.556. The van der Waals surface area contributed by atoms with Crippen LogP contribution in [-0.2, 0) is 23.5 Å². The lowest BCUT2D eigenvalue weighted by molar-refractivity contribution is 0.164. The number of halogens is 1. The highest BCUT2D eigenvalue weighted by atomic mass is 35.5. The zero-order valence-corrected chi connectivity index (χ0v) is 17.5. The first kappa shape index (κ1) is 20.3. The van der Waals surface area contributed by atoms with Gasteiger partial charge in [-0.15, -0.1) is 0 Å². The Morgan fingerprint density at radius 2 is 2.15 bits per heavy atom. The van der Waals surface area contributed by atoms with E-state index in [2.05, 4.69) is 15.0 Å². The second-order valence-electron chi connectivity index (χ2n) is 7.04. The number of pyridine rings is 1. The number of piperidine rings is 1. The van der Waals surface area contributed by atoms with Gasteiger partial charge in [-0.05, 0) is 38.9 Å². The molecule has 0 N–H and O–H groups in total. The van der Waals surface area contributed by atoms with Crippen molar-refractivity contribution >= 4 is 21.6 Å². The van der Waals surface area contributed by atoms with Crippen LogP contribution in [0.25, 0.3) is 0 Å². The van der Waals surface area contributed by atoms with Crippen molar-refractivity contribution in [1.29, 1.82) is 0 Å². The average Bonchev–Trinajstić information content (AvgIpc) is 2.93. The zero-order valence-electron chi connectivity index (χ0n) is 16.0. The predicted molar refractivity (Wildman–Crippen MR) is 105 cm³/mol. The van der Waals surface area contributed by atoms with Gasteiger partial charge in [-0.25, -0.2) is 8.42 Å². The van der Waals surface area contributed by atoms with Gasteiger partial charge in [-0.1, -0.05) is 17.7 Å². The van der Waals surface area contributed by atoms with E-state index >= 15 is 0 Å². The van der Waals surface area contributed by atoms with Crippen LogP contribution in [0.5, 0.6) is 0 Å². The quantitative estimate of drug-likeness (QED) is 0.727. The van der Waals surface area contributed by atoms with Crippen LogP contribution in [-0.4, -0.2) is 65.1 Å². The molecule has 0 aromatic carbocycles. The smallest absolute Gasteiger partial charge is 0.248 e. The van der Waals surface area contributed by atoms with E-state index in [1.165, 1.54) is 4.68 Å². The largest absolute Gasteiger partial charge is 0.302 e. The van der Waals surface area contributed by atoms with Gasteiger partial charge in [-0.3, -0.25) is 9.67 Å². The summed E-state index contributed by atoms with van der Waals surface area (Å²) in [5, 5.41) is 4.32. The molecule has 0 spiro atoms. The molecule has 0 aliphatic carbocycles. The summed E-state index contributed by atoms with van der Waals surface area (Å²) in [5.74, 6) is 0.